The first kappa shape index (κ1) is 18.4. The molecule has 0 atom stereocenters. The molecule has 1 aromatic carbocycles. The van der Waals surface area contributed by atoms with Crippen LogP contribution in [0, 0.1) is 0 Å². The average molecular weight is 388 g/mol. The molecule has 1 N–H and O–H groups in total. The largest absolute Gasteiger partial charge is 0.497 e. The van der Waals surface area contributed by atoms with E-state index >= 15 is 0 Å². The van der Waals surface area contributed by atoms with Gasteiger partial charge in [0.05, 0.1) is 19.3 Å². The predicted molar refractivity (Wildman–Crippen MR) is 105 cm³/mol. The number of piperidine rings is 1. The summed E-state index contributed by atoms with van der Waals surface area (Å²) < 4.78 is 11.4. The highest BCUT2D eigenvalue weighted by molar-refractivity contribution is 7.15. The van der Waals surface area contributed by atoms with Gasteiger partial charge >= 0.3 is 0 Å². The maximum absolute atomic E-state index is 11.6. The van der Waals surface area contributed by atoms with E-state index in [1.165, 1.54) is 4.88 Å². The maximum atomic E-state index is 11.6. The summed E-state index contributed by atoms with van der Waals surface area (Å²) in [5.41, 5.74) is 0.910. The highest BCUT2D eigenvalue weighted by Gasteiger charge is 2.37. The Labute approximate surface area is 163 Å². The quantitative estimate of drug-likeness (QED) is 0.874. The van der Waals surface area contributed by atoms with Gasteiger partial charge in [-0.15, -0.1) is 11.3 Å². The lowest BCUT2D eigenvalue weighted by atomic mass is 9.91. The van der Waals surface area contributed by atoms with E-state index in [0.29, 0.717) is 19.6 Å². The fourth-order valence-electron chi connectivity index (χ4n) is 3.69. The van der Waals surface area contributed by atoms with Crippen LogP contribution in [0.5, 0.6) is 5.75 Å². The smallest absolute Gasteiger partial charge is 0.222 e. The van der Waals surface area contributed by atoms with Gasteiger partial charge in [0.15, 0.2) is 0 Å². The minimum absolute atomic E-state index is 0.101. The second kappa shape index (κ2) is 7.96. The normalized spacial score (nSPS) is 20.3. The Morgan fingerprint density at radius 2 is 2.22 bits per heavy atom. The Hall–Kier alpha value is -1.96. The molecule has 1 amide bonds. The standard InChI is InChI=1S/C20H25N3O3S/c1-25-16-4-2-3-15(11-16)19-21-12-17(27-19)13-23-8-6-20(7-9-23)14-22-18(24)5-10-26-20/h2-4,11-12H,5-10,13-14H2,1H3,(H,22,24). The second-order valence-corrected chi connectivity index (χ2v) is 8.31. The van der Waals surface area contributed by atoms with Crippen LogP contribution < -0.4 is 10.1 Å². The third kappa shape index (κ3) is 4.31. The Morgan fingerprint density at radius 3 is 3.04 bits per heavy atom. The number of hydrogen-bond acceptors (Lipinski definition) is 6. The number of carbonyl (C=O) groups is 1. The van der Waals surface area contributed by atoms with Crippen molar-refractivity contribution in [1.29, 1.82) is 0 Å². The van der Waals surface area contributed by atoms with Crippen molar-refractivity contribution in [3.8, 4) is 16.3 Å². The molecule has 144 valence electrons. The predicted octanol–water partition coefficient (Wildman–Crippen LogP) is 2.69. The highest BCUT2D eigenvalue weighted by atomic mass is 32.1. The van der Waals surface area contributed by atoms with Crippen LogP contribution in [0.2, 0.25) is 0 Å². The van der Waals surface area contributed by atoms with Crippen molar-refractivity contribution in [1.82, 2.24) is 15.2 Å². The summed E-state index contributed by atoms with van der Waals surface area (Å²) >= 11 is 1.73. The molecular weight excluding hydrogens is 362 g/mol. The summed E-state index contributed by atoms with van der Waals surface area (Å²) in [6.07, 6.45) is 4.36. The molecule has 4 rings (SSSR count). The summed E-state index contributed by atoms with van der Waals surface area (Å²) in [5, 5.41) is 4.02. The van der Waals surface area contributed by atoms with Gasteiger partial charge in [-0.05, 0) is 25.0 Å². The summed E-state index contributed by atoms with van der Waals surface area (Å²) in [7, 11) is 1.68. The van der Waals surface area contributed by atoms with Crippen LogP contribution in [-0.2, 0) is 16.1 Å². The van der Waals surface area contributed by atoms with Crippen LogP contribution in [0.1, 0.15) is 24.1 Å². The molecule has 2 aliphatic heterocycles. The molecule has 27 heavy (non-hydrogen) atoms. The van der Waals surface area contributed by atoms with Crippen molar-refractivity contribution in [2.75, 3.05) is 33.4 Å². The van der Waals surface area contributed by atoms with Crippen LogP contribution in [0.15, 0.2) is 30.5 Å². The van der Waals surface area contributed by atoms with E-state index in [1.54, 1.807) is 18.4 Å². The topological polar surface area (TPSA) is 63.7 Å². The summed E-state index contributed by atoms with van der Waals surface area (Å²) in [6.45, 7) is 4.03. The first-order chi connectivity index (χ1) is 13.2. The molecule has 1 aromatic heterocycles. The van der Waals surface area contributed by atoms with E-state index in [4.69, 9.17) is 9.47 Å². The van der Waals surface area contributed by atoms with Crippen molar-refractivity contribution in [3.05, 3.63) is 35.3 Å². The number of methoxy groups -OCH3 is 1. The van der Waals surface area contributed by atoms with Gasteiger partial charge in [-0.25, -0.2) is 4.98 Å². The molecule has 2 aromatic rings. The number of ether oxygens (including phenoxy) is 2. The van der Waals surface area contributed by atoms with Gasteiger partial charge in [-0.3, -0.25) is 9.69 Å². The number of hydrogen-bond donors (Lipinski definition) is 1. The van der Waals surface area contributed by atoms with Crippen molar-refractivity contribution in [2.45, 2.75) is 31.4 Å². The van der Waals surface area contributed by atoms with Gasteiger partial charge in [0, 0.05) is 49.2 Å². The SMILES string of the molecule is COc1cccc(-c2ncc(CN3CCC4(CC3)CNC(=O)CCO4)s2)c1. The van der Waals surface area contributed by atoms with Gasteiger partial charge in [0.2, 0.25) is 5.91 Å². The van der Waals surface area contributed by atoms with Crippen LogP contribution in [0.4, 0.5) is 0 Å². The number of benzene rings is 1. The van der Waals surface area contributed by atoms with E-state index in [0.717, 1.165) is 48.8 Å². The number of nitrogens with zero attached hydrogens (tertiary/aromatic N) is 2. The second-order valence-electron chi connectivity index (χ2n) is 7.20. The van der Waals surface area contributed by atoms with E-state index in [1.807, 2.05) is 24.4 Å². The summed E-state index contributed by atoms with van der Waals surface area (Å²) in [6, 6.07) is 8.02. The average Bonchev–Trinajstić information content (AvgIpc) is 3.09. The zero-order chi connectivity index (χ0) is 18.7. The number of likely N-dealkylation sites (tertiary alicyclic amines) is 1. The molecule has 6 nitrogen and oxygen atoms in total. The van der Waals surface area contributed by atoms with Crippen molar-refractivity contribution in [3.63, 3.8) is 0 Å². The molecule has 1 spiro atoms. The molecule has 0 bridgehead atoms. The third-order valence-electron chi connectivity index (χ3n) is 5.36. The lowest BCUT2D eigenvalue weighted by Crippen LogP contribution is -2.50. The van der Waals surface area contributed by atoms with E-state index in [2.05, 4.69) is 21.3 Å². The molecule has 0 saturated carbocycles. The zero-order valence-corrected chi connectivity index (χ0v) is 16.4. The van der Waals surface area contributed by atoms with Gasteiger partial charge in [0.1, 0.15) is 10.8 Å². The van der Waals surface area contributed by atoms with E-state index in [9.17, 15) is 4.79 Å². The third-order valence-corrected chi connectivity index (χ3v) is 6.39. The number of carbonyl (C=O) groups excluding carboxylic acids is 1. The van der Waals surface area contributed by atoms with Gasteiger partial charge in [-0.1, -0.05) is 12.1 Å². The lowest BCUT2D eigenvalue weighted by molar-refractivity contribution is -0.120. The fourth-order valence-corrected chi connectivity index (χ4v) is 4.64. The highest BCUT2D eigenvalue weighted by Crippen LogP contribution is 2.31. The number of aromatic nitrogens is 1. The molecule has 3 heterocycles. The minimum Gasteiger partial charge on any atom is -0.497 e. The Bertz CT molecular complexity index is 799. The molecule has 0 aliphatic carbocycles. The van der Waals surface area contributed by atoms with Gasteiger partial charge in [0.25, 0.3) is 0 Å². The van der Waals surface area contributed by atoms with Crippen LogP contribution >= 0.6 is 11.3 Å². The maximum Gasteiger partial charge on any atom is 0.222 e. The molecule has 7 heteroatoms. The van der Waals surface area contributed by atoms with Crippen LogP contribution in [-0.4, -0.2) is 54.7 Å². The molecule has 0 unspecified atom stereocenters. The fraction of sp³-hybridized carbons (Fsp3) is 0.500. The summed E-state index contributed by atoms with van der Waals surface area (Å²) in [5.74, 6) is 0.949. The first-order valence-corrected chi connectivity index (χ1v) is 10.2. The minimum atomic E-state index is -0.178. The number of nitrogens with one attached hydrogen (secondary N) is 1. The van der Waals surface area contributed by atoms with E-state index < -0.39 is 0 Å². The van der Waals surface area contributed by atoms with Gasteiger partial charge in [-0.2, -0.15) is 0 Å². The van der Waals surface area contributed by atoms with Crippen LogP contribution in [0.3, 0.4) is 0 Å². The molecule has 2 saturated heterocycles. The van der Waals surface area contributed by atoms with Gasteiger partial charge < -0.3 is 14.8 Å². The molecule has 2 aliphatic rings. The number of amides is 1. The molecule has 2 fully saturated rings. The molecule has 0 radical (unpaired) electrons. The molecular formula is C20H25N3O3S. The first-order valence-electron chi connectivity index (χ1n) is 9.38. The zero-order valence-electron chi connectivity index (χ0n) is 15.6. The Morgan fingerprint density at radius 1 is 1.37 bits per heavy atom. The van der Waals surface area contributed by atoms with Crippen molar-refractivity contribution < 1.29 is 14.3 Å². The summed E-state index contributed by atoms with van der Waals surface area (Å²) in [4.78, 5) is 19.9. The van der Waals surface area contributed by atoms with Crippen LogP contribution in [0.25, 0.3) is 10.6 Å². The number of rotatable bonds is 4. The van der Waals surface area contributed by atoms with E-state index in [-0.39, 0.29) is 11.5 Å². The van der Waals surface area contributed by atoms with Crippen molar-refractivity contribution >= 4 is 17.2 Å². The lowest BCUT2D eigenvalue weighted by Gasteiger charge is -2.40. The monoisotopic (exact) mass is 387 g/mol. The number of thiazole rings is 1. The Balaban J connectivity index is 1.36. The Kier molecular flexibility index (Phi) is 5.43. The van der Waals surface area contributed by atoms with Crippen molar-refractivity contribution in [2.24, 2.45) is 0 Å².